The molecule has 2 heterocycles. The molecule has 0 fully saturated rings. The predicted octanol–water partition coefficient (Wildman–Crippen LogP) is 3.95. The van der Waals surface area contributed by atoms with Crippen molar-refractivity contribution in [3.05, 3.63) is 78.6 Å². The Hall–Kier alpha value is -3.34. The van der Waals surface area contributed by atoms with Crippen LogP contribution < -0.4 is 0 Å². The summed E-state index contributed by atoms with van der Waals surface area (Å²) in [5.74, 6) is 1.34. The third-order valence-corrected chi connectivity index (χ3v) is 4.38. The zero-order valence-electron chi connectivity index (χ0n) is 14.5. The van der Waals surface area contributed by atoms with Crippen LogP contribution in [-0.2, 0) is 17.9 Å². The van der Waals surface area contributed by atoms with Crippen molar-refractivity contribution in [2.45, 2.75) is 13.1 Å². The van der Waals surface area contributed by atoms with Gasteiger partial charge in [0, 0.05) is 13.6 Å². The third-order valence-electron chi connectivity index (χ3n) is 4.38. The van der Waals surface area contributed by atoms with Gasteiger partial charge in [0.2, 0.25) is 5.91 Å². The van der Waals surface area contributed by atoms with Crippen LogP contribution in [0.2, 0.25) is 0 Å². The largest absolute Gasteiger partial charge is 0.461 e. The number of likely N-dealkylation sites (N-methyl/N-ethyl adjacent to an activating group) is 1. The summed E-state index contributed by atoms with van der Waals surface area (Å²) in [5.41, 5.74) is 2.86. The summed E-state index contributed by atoms with van der Waals surface area (Å²) >= 11 is 0. The molecule has 0 aliphatic rings. The van der Waals surface area contributed by atoms with Crippen molar-refractivity contribution in [1.82, 2.24) is 14.5 Å². The van der Waals surface area contributed by atoms with E-state index in [1.165, 1.54) is 0 Å². The highest BCUT2D eigenvalue weighted by Gasteiger charge is 2.18. The van der Waals surface area contributed by atoms with E-state index in [0.29, 0.717) is 18.1 Å². The first kappa shape index (κ1) is 16.1. The summed E-state index contributed by atoms with van der Waals surface area (Å²) in [4.78, 5) is 19.2. The SMILES string of the molecule is CN(Cc1ccccc1)C(=O)Cn1c(-c2ccco2)nc2ccccc21. The summed E-state index contributed by atoms with van der Waals surface area (Å²) < 4.78 is 7.43. The predicted molar refractivity (Wildman–Crippen MR) is 100 cm³/mol. The Balaban J connectivity index is 1.64. The number of para-hydroxylation sites is 2. The molecular weight excluding hydrogens is 326 g/mol. The Labute approximate surface area is 151 Å². The Morgan fingerprint density at radius 1 is 1.04 bits per heavy atom. The van der Waals surface area contributed by atoms with Crippen molar-refractivity contribution in [2.24, 2.45) is 0 Å². The summed E-state index contributed by atoms with van der Waals surface area (Å²) in [6.07, 6.45) is 1.61. The topological polar surface area (TPSA) is 51.3 Å². The number of imidazole rings is 1. The first-order chi connectivity index (χ1) is 12.7. The molecule has 0 saturated heterocycles. The molecule has 2 aromatic carbocycles. The molecule has 1 amide bonds. The van der Waals surface area contributed by atoms with E-state index in [-0.39, 0.29) is 12.5 Å². The summed E-state index contributed by atoms with van der Waals surface area (Å²) in [6, 6.07) is 21.4. The molecule has 130 valence electrons. The zero-order chi connectivity index (χ0) is 17.9. The Kier molecular flexibility index (Phi) is 4.27. The Morgan fingerprint density at radius 2 is 1.81 bits per heavy atom. The van der Waals surface area contributed by atoms with Crippen molar-refractivity contribution >= 4 is 16.9 Å². The van der Waals surface area contributed by atoms with Gasteiger partial charge in [-0.15, -0.1) is 0 Å². The number of aromatic nitrogens is 2. The molecule has 0 N–H and O–H groups in total. The number of benzene rings is 2. The second kappa shape index (κ2) is 6.88. The van der Waals surface area contributed by atoms with Gasteiger partial charge in [-0.1, -0.05) is 42.5 Å². The first-order valence-corrected chi connectivity index (χ1v) is 8.49. The maximum Gasteiger partial charge on any atom is 0.242 e. The number of carbonyl (C=O) groups is 1. The summed E-state index contributed by atoms with van der Waals surface area (Å²) in [6.45, 7) is 0.780. The van der Waals surface area contributed by atoms with Gasteiger partial charge in [-0.05, 0) is 29.8 Å². The minimum atomic E-state index is 0.0183. The monoisotopic (exact) mass is 345 g/mol. The lowest BCUT2D eigenvalue weighted by Crippen LogP contribution is -2.30. The number of hydrogen-bond acceptors (Lipinski definition) is 3. The molecule has 26 heavy (non-hydrogen) atoms. The van der Waals surface area contributed by atoms with Crippen LogP contribution in [0.15, 0.2) is 77.4 Å². The highest BCUT2D eigenvalue weighted by atomic mass is 16.3. The van der Waals surface area contributed by atoms with Gasteiger partial charge in [0.1, 0.15) is 6.54 Å². The fourth-order valence-corrected chi connectivity index (χ4v) is 3.03. The molecule has 0 aliphatic heterocycles. The van der Waals surface area contributed by atoms with Crippen LogP contribution >= 0.6 is 0 Å². The van der Waals surface area contributed by atoms with E-state index in [0.717, 1.165) is 16.6 Å². The maximum atomic E-state index is 12.8. The molecule has 0 aliphatic carbocycles. The molecule has 4 aromatic rings. The molecule has 5 heteroatoms. The highest BCUT2D eigenvalue weighted by molar-refractivity contribution is 5.83. The van der Waals surface area contributed by atoms with E-state index in [1.54, 1.807) is 11.2 Å². The van der Waals surface area contributed by atoms with Crippen molar-refractivity contribution in [3.63, 3.8) is 0 Å². The van der Waals surface area contributed by atoms with Crippen molar-refractivity contribution in [1.29, 1.82) is 0 Å². The number of hydrogen-bond donors (Lipinski definition) is 0. The van der Waals surface area contributed by atoms with Crippen LogP contribution in [0.5, 0.6) is 0 Å². The quantitative estimate of drug-likeness (QED) is 0.550. The number of nitrogens with zero attached hydrogens (tertiary/aromatic N) is 3. The van der Waals surface area contributed by atoms with E-state index in [2.05, 4.69) is 4.98 Å². The van der Waals surface area contributed by atoms with E-state index in [4.69, 9.17) is 4.42 Å². The molecule has 0 saturated carbocycles. The summed E-state index contributed by atoms with van der Waals surface area (Å²) in [5, 5.41) is 0. The standard InChI is InChI=1S/C21H19N3O2/c1-23(14-16-8-3-2-4-9-16)20(25)15-24-18-11-6-5-10-17(18)22-21(24)19-12-7-13-26-19/h2-13H,14-15H2,1H3. The molecule has 0 spiro atoms. The fraction of sp³-hybridized carbons (Fsp3) is 0.143. The Morgan fingerprint density at radius 3 is 2.58 bits per heavy atom. The third kappa shape index (κ3) is 3.11. The normalized spacial score (nSPS) is 11.0. The van der Waals surface area contributed by atoms with Crippen LogP contribution in [0.25, 0.3) is 22.6 Å². The van der Waals surface area contributed by atoms with E-state index in [9.17, 15) is 4.79 Å². The lowest BCUT2D eigenvalue weighted by atomic mass is 10.2. The number of amides is 1. The lowest BCUT2D eigenvalue weighted by Gasteiger charge is -2.18. The average Bonchev–Trinajstić information content (AvgIpc) is 3.31. The van der Waals surface area contributed by atoms with Crippen molar-refractivity contribution in [2.75, 3.05) is 7.05 Å². The van der Waals surface area contributed by atoms with Gasteiger partial charge >= 0.3 is 0 Å². The van der Waals surface area contributed by atoms with Crippen LogP contribution in [-0.4, -0.2) is 27.4 Å². The Bertz CT molecular complexity index is 1020. The van der Waals surface area contributed by atoms with Gasteiger partial charge in [0.15, 0.2) is 11.6 Å². The second-order valence-electron chi connectivity index (χ2n) is 6.22. The van der Waals surface area contributed by atoms with Gasteiger partial charge in [0.25, 0.3) is 0 Å². The minimum absolute atomic E-state index is 0.0183. The fourth-order valence-electron chi connectivity index (χ4n) is 3.03. The molecule has 0 bridgehead atoms. The molecule has 0 atom stereocenters. The smallest absolute Gasteiger partial charge is 0.242 e. The molecule has 4 rings (SSSR count). The van der Waals surface area contributed by atoms with Crippen LogP contribution in [0.1, 0.15) is 5.56 Å². The molecule has 5 nitrogen and oxygen atoms in total. The van der Waals surface area contributed by atoms with Gasteiger partial charge in [0.05, 0.1) is 17.3 Å². The second-order valence-corrected chi connectivity index (χ2v) is 6.22. The van der Waals surface area contributed by atoms with Crippen LogP contribution in [0.4, 0.5) is 0 Å². The first-order valence-electron chi connectivity index (χ1n) is 8.49. The molecule has 0 radical (unpaired) electrons. The summed E-state index contributed by atoms with van der Waals surface area (Å²) in [7, 11) is 1.82. The van der Waals surface area contributed by atoms with E-state index >= 15 is 0 Å². The van der Waals surface area contributed by atoms with Gasteiger partial charge < -0.3 is 13.9 Å². The zero-order valence-corrected chi connectivity index (χ0v) is 14.5. The van der Waals surface area contributed by atoms with E-state index < -0.39 is 0 Å². The van der Waals surface area contributed by atoms with Crippen molar-refractivity contribution < 1.29 is 9.21 Å². The maximum absolute atomic E-state index is 12.8. The van der Waals surface area contributed by atoms with Gasteiger partial charge in [-0.25, -0.2) is 4.98 Å². The molecular formula is C21H19N3O2. The lowest BCUT2D eigenvalue weighted by molar-refractivity contribution is -0.130. The van der Waals surface area contributed by atoms with Crippen LogP contribution in [0, 0.1) is 0 Å². The highest BCUT2D eigenvalue weighted by Crippen LogP contribution is 2.25. The minimum Gasteiger partial charge on any atom is -0.461 e. The van der Waals surface area contributed by atoms with E-state index in [1.807, 2.05) is 78.3 Å². The van der Waals surface area contributed by atoms with Gasteiger partial charge in [-0.2, -0.15) is 0 Å². The van der Waals surface area contributed by atoms with Gasteiger partial charge in [-0.3, -0.25) is 4.79 Å². The van der Waals surface area contributed by atoms with Crippen molar-refractivity contribution in [3.8, 4) is 11.6 Å². The average molecular weight is 345 g/mol. The number of fused-ring (bicyclic) bond motifs is 1. The molecule has 0 unspecified atom stereocenters. The number of furan rings is 1. The number of rotatable bonds is 5. The molecule has 2 aromatic heterocycles. The van der Waals surface area contributed by atoms with Crippen LogP contribution in [0.3, 0.4) is 0 Å². The number of carbonyl (C=O) groups excluding carboxylic acids is 1.